The molecule has 0 aromatic heterocycles. The number of carbonyl (C=O) groups excluding carboxylic acids is 1. The molecule has 0 spiro atoms. The topological polar surface area (TPSA) is 57.6 Å². The molecule has 32 heavy (non-hydrogen) atoms. The van der Waals surface area contributed by atoms with E-state index in [0.29, 0.717) is 0 Å². The lowest BCUT2D eigenvalue weighted by atomic mass is 9.74. The summed E-state index contributed by atoms with van der Waals surface area (Å²) < 4.78 is 0. The molecule has 1 atom stereocenters. The van der Waals surface area contributed by atoms with Gasteiger partial charge in [-0.05, 0) is 55.5 Å². The van der Waals surface area contributed by atoms with E-state index in [0.717, 1.165) is 25.0 Å². The summed E-state index contributed by atoms with van der Waals surface area (Å²) in [5, 5.41) is 9.37. The molecule has 0 bridgehead atoms. The van der Waals surface area contributed by atoms with Gasteiger partial charge in [-0.25, -0.2) is 4.79 Å². The van der Waals surface area contributed by atoms with Crippen LogP contribution in [0.4, 0.5) is 0 Å². The van der Waals surface area contributed by atoms with Crippen molar-refractivity contribution in [2.75, 3.05) is 7.05 Å². The van der Waals surface area contributed by atoms with Gasteiger partial charge in [-0.3, -0.25) is 4.79 Å². The number of rotatable bonds is 6. The van der Waals surface area contributed by atoms with Crippen LogP contribution < -0.4 is 0 Å². The van der Waals surface area contributed by atoms with E-state index >= 15 is 0 Å². The molecular formula is C28H27NO3. The van der Waals surface area contributed by atoms with Gasteiger partial charge < -0.3 is 10.0 Å². The summed E-state index contributed by atoms with van der Waals surface area (Å²) >= 11 is 0. The zero-order valence-electron chi connectivity index (χ0n) is 18.4. The molecule has 2 aromatic carbocycles. The Morgan fingerprint density at radius 3 is 2.47 bits per heavy atom. The Morgan fingerprint density at radius 1 is 1.06 bits per heavy atom. The Morgan fingerprint density at radius 2 is 1.75 bits per heavy atom. The van der Waals surface area contributed by atoms with Crippen molar-refractivity contribution in [2.45, 2.75) is 26.2 Å². The minimum Gasteiger partial charge on any atom is -0.478 e. The van der Waals surface area contributed by atoms with Crippen molar-refractivity contribution < 1.29 is 14.7 Å². The third-order valence-electron chi connectivity index (χ3n) is 6.39. The number of carboxylic acids is 1. The molecule has 0 radical (unpaired) electrons. The maximum atomic E-state index is 12.7. The van der Waals surface area contributed by atoms with E-state index in [4.69, 9.17) is 0 Å². The second kappa shape index (κ2) is 8.83. The van der Waals surface area contributed by atoms with E-state index < -0.39 is 5.97 Å². The van der Waals surface area contributed by atoms with Gasteiger partial charge in [-0.1, -0.05) is 66.8 Å². The van der Waals surface area contributed by atoms with Crippen LogP contribution in [-0.4, -0.2) is 28.8 Å². The van der Waals surface area contributed by atoms with Crippen molar-refractivity contribution in [3.05, 3.63) is 119 Å². The third-order valence-corrected chi connectivity index (χ3v) is 6.39. The fourth-order valence-electron chi connectivity index (χ4n) is 4.84. The smallest absolute Gasteiger partial charge is 0.336 e. The van der Waals surface area contributed by atoms with Gasteiger partial charge in [-0.2, -0.15) is 0 Å². The Hall–Kier alpha value is -3.66. The van der Waals surface area contributed by atoms with Gasteiger partial charge in [0.15, 0.2) is 5.78 Å². The highest BCUT2D eigenvalue weighted by molar-refractivity contribution is 6.11. The van der Waals surface area contributed by atoms with Crippen LogP contribution in [0.1, 0.15) is 46.0 Å². The molecule has 0 saturated carbocycles. The molecule has 1 heterocycles. The van der Waals surface area contributed by atoms with E-state index in [1.807, 2.05) is 12.1 Å². The summed E-state index contributed by atoms with van der Waals surface area (Å²) in [4.78, 5) is 26.4. The second-order valence-corrected chi connectivity index (χ2v) is 8.48. The monoisotopic (exact) mass is 425 g/mol. The number of benzene rings is 2. The van der Waals surface area contributed by atoms with Crippen LogP contribution in [0.2, 0.25) is 0 Å². The van der Waals surface area contributed by atoms with Gasteiger partial charge in [-0.15, -0.1) is 0 Å². The highest BCUT2D eigenvalue weighted by Gasteiger charge is 2.43. The fraction of sp³-hybridized carbons (Fsp3) is 0.214. The van der Waals surface area contributed by atoms with E-state index in [1.54, 1.807) is 24.3 Å². The van der Waals surface area contributed by atoms with Crippen LogP contribution >= 0.6 is 0 Å². The number of allylic oxidation sites excluding steroid dienone is 7. The number of carbonyl (C=O) groups is 2. The fourth-order valence-corrected chi connectivity index (χ4v) is 4.84. The highest BCUT2D eigenvalue weighted by Crippen LogP contribution is 2.51. The summed E-state index contributed by atoms with van der Waals surface area (Å²) in [7, 11) is 2.09. The minimum atomic E-state index is -1.10. The maximum absolute atomic E-state index is 12.7. The van der Waals surface area contributed by atoms with Crippen LogP contribution in [0.25, 0.3) is 0 Å². The zero-order chi connectivity index (χ0) is 22.7. The van der Waals surface area contributed by atoms with Gasteiger partial charge >= 0.3 is 5.97 Å². The maximum Gasteiger partial charge on any atom is 0.336 e. The highest BCUT2D eigenvalue weighted by atomic mass is 16.4. The molecule has 0 fully saturated rings. The molecule has 0 saturated heterocycles. The number of carboxylic acid groups (broad SMARTS) is 1. The molecule has 1 aliphatic heterocycles. The third kappa shape index (κ3) is 3.96. The molecule has 1 aliphatic carbocycles. The van der Waals surface area contributed by atoms with Crippen LogP contribution in [0.5, 0.6) is 0 Å². The van der Waals surface area contributed by atoms with Crippen molar-refractivity contribution in [2.24, 2.45) is 5.41 Å². The van der Waals surface area contributed by atoms with E-state index in [2.05, 4.69) is 55.3 Å². The molecule has 1 N–H and O–H groups in total. The quantitative estimate of drug-likeness (QED) is 0.469. The second-order valence-electron chi connectivity index (χ2n) is 8.48. The van der Waals surface area contributed by atoms with Crippen molar-refractivity contribution >= 4 is 11.8 Å². The molecule has 162 valence electrons. The molecule has 2 aromatic rings. The molecular weight excluding hydrogens is 398 g/mol. The lowest BCUT2D eigenvalue weighted by Gasteiger charge is -2.30. The lowest BCUT2D eigenvalue weighted by Crippen LogP contribution is -2.25. The average Bonchev–Trinajstić information content (AvgIpc) is 3.01. The van der Waals surface area contributed by atoms with Gasteiger partial charge in [0, 0.05) is 29.4 Å². The largest absolute Gasteiger partial charge is 0.478 e. The summed E-state index contributed by atoms with van der Waals surface area (Å²) in [5.74, 6) is -1.42. The average molecular weight is 426 g/mol. The summed E-state index contributed by atoms with van der Waals surface area (Å²) in [6.45, 7) is 2.26. The van der Waals surface area contributed by atoms with Crippen molar-refractivity contribution in [1.82, 2.24) is 4.90 Å². The minimum absolute atomic E-state index is 0.0176. The first kappa shape index (κ1) is 21.6. The molecule has 0 amide bonds. The number of hydrogen-bond acceptors (Lipinski definition) is 3. The first-order valence-electron chi connectivity index (χ1n) is 10.8. The van der Waals surface area contributed by atoms with E-state index in [1.165, 1.54) is 29.0 Å². The molecule has 1 unspecified atom stereocenters. The summed E-state index contributed by atoms with van der Waals surface area (Å²) in [5.41, 5.74) is 5.05. The number of hydrogen-bond donors (Lipinski definition) is 1. The van der Waals surface area contributed by atoms with Crippen LogP contribution in [0.15, 0.2) is 102 Å². The van der Waals surface area contributed by atoms with Gasteiger partial charge in [0.05, 0.1) is 5.56 Å². The molecule has 4 nitrogen and oxygen atoms in total. The summed E-state index contributed by atoms with van der Waals surface area (Å²) in [6, 6.07) is 16.8. The predicted molar refractivity (Wildman–Crippen MR) is 126 cm³/mol. The first-order valence-corrected chi connectivity index (χ1v) is 10.8. The zero-order valence-corrected chi connectivity index (χ0v) is 18.4. The summed E-state index contributed by atoms with van der Waals surface area (Å²) in [6.07, 6.45) is 12.6. The number of nitrogens with zero attached hydrogens (tertiary/aromatic N) is 1. The predicted octanol–water partition coefficient (Wildman–Crippen LogP) is 5.81. The number of ketones is 1. The van der Waals surface area contributed by atoms with E-state index in [-0.39, 0.29) is 22.3 Å². The van der Waals surface area contributed by atoms with E-state index in [9.17, 15) is 14.7 Å². The Balaban J connectivity index is 1.67. The lowest BCUT2D eigenvalue weighted by molar-refractivity contribution is 0.0693. The van der Waals surface area contributed by atoms with Gasteiger partial charge in [0.2, 0.25) is 0 Å². The van der Waals surface area contributed by atoms with Crippen LogP contribution in [0, 0.1) is 5.41 Å². The normalized spacial score (nSPS) is 21.4. The molecule has 2 aliphatic rings. The van der Waals surface area contributed by atoms with Crippen molar-refractivity contribution in [3.63, 3.8) is 0 Å². The van der Waals surface area contributed by atoms with Gasteiger partial charge in [0.25, 0.3) is 0 Å². The molecule has 4 rings (SSSR count). The Bertz CT molecular complexity index is 1170. The van der Waals surface area contributed by atoms with Crippen molar-refractivity contribution in [3.8, 4) is 0 Å². The Kier molecular flexibility index (Phi) is 5.95. The molecule has 4 heteroatoms. The SMILES string of the molecule is CN1C2=C(C=CCC2)C(C)(Cc2ccccc2)/C1=C/C=C/C(=O)c1ccccc1C(=O)O. The standard InChI is InChI=1S/C28H27NO3/c1-28(19-20-11-4-3-5-12-20)23-15-8-9-16-24(23)29(2)26(28)18-10-17-25(30)21-13-6-7-14-22(21)27(31)32/h3-8,10-15,17-18H,9,16,19H2,1-2H3,(H,31,32)/b17-10+,26-18-. The van der Waals surface area contributed by atoms with Gasteiger partial charge in [0.1, 0.15) is 0 Å². The Labute approximate surface area is 188 Å². The first-order chi connectivity index (χ1) is 15.4. The number of aromatic carboxylic acids is 1. The van der Waals surface area contributed by atoms with Crippen molar-refractivity contribution in [1.29, 1.82) is 0 Å². The van der Waals surface area contributed by atoms with Crippen LogP contribution in [0.3, 0.4) is 0 Å². The van der Waals surface area contributed by atoms with Crippen LogP contribution in [-0.2, 0) is 6.42 Å².